The SMILES string of the molecule is NC(=O)NCCC[C@H](NC(=O)C(Cc1ccccc1)NC=O)C(=O)NC(Cc1ccccc1)C(=O)N1CCCC1C=O. The molecule has 3 rings (SSSR count). The zero-order valence-electron chi connectivity index (χ0n) is 23.4. The molecule has 1 saturated heterocycles. The van der Waals surface area contributed by atoms with Gasteiger partial charge in [0.25, 0.3) is 0 Å². The molecule has 6 amide bonds. The summed E-state index contributed by atoms with van der Waals surface area (Å²) in [6.45, 7) is 0.567. The standard InChI is InChI=1S/C30H38N6O6/c31-30(42)32-15-7-14-24(34-28(40)25(33-20-38)17-21-9-3-1-4-10-21)27(39)35-26(18-22-11-5-2-6-12-22)29(41)36-16-8-13-23(36)19-37/h1-6,9-12,19-20,23-26H,7-8,13-18H2,(H,33,38)(H,34,40)(H,35,39)(H3,31,32,42)/t23?,24-,25?,26?/m0/s1. The van der Waals surface area contributed by atoms with E-state index in [4.69, 9.17) is 5.73 Å². The molecule has 42 heavy (non-hydrogen) atoms. The topological polar surface area (TPSA) is 180 Å². The number of urea groups is 1. The number of carbonyl (C=O) groups excluding carboxylic acids is 6. The van der Waals surface area contributed by atoms with Gasteiger partial charge in [0, 0.05) is 25.9 Å². The van der Waals surface area contributed by atoms with Gasteiger partial charge in [-0.1, -0.05) is 60.7 Å². The fraction of sp³-hybridized carbons (Fsp3) is 0.400. The average Bonchev–Trinajstić information content (AvgIpc) is 3.47. The summed E-state index contributed by atoms with van der Waals surface area (Å²) in [7, 11) is 0. The smallest absolute Gasteiger partial charge is 0.312 e. The second-order valence-corrected chi connectivity index (χ2v) is 10.1. The van der Waals surface area contributed by atoms with Gasteiger partial charge in [0.1, 0.15) is 24.4 Å². The molecule has 0 spiro atoms. The first-order valence-electron chi connectivity index (χ1n) is 14.0. The second-order valence-electron chi connectivity index (χ2n) is 10.1. The lowest BCUT2D eigenvalue weighted by atomic mass is 10.0. The van der Waals surface area contributed by atoms with Gasteiger partial charge in [0.15, 0.2) is 0 Å². The first kappa shape index (κ1) is 31.8. The third-order valence-corrected chi connectivity index (χ3v) is 7.11. The molecule has 224 valence electrons. The Morgan fingerprint density at radius 2 is 1.43 bits per heavy atom. The summed E-state index contributed by atoms with van der Waals surface area (Å²) in [5.74, 6) is -1.57. The first-order chi connectivity index (χ1) is 20.3. The lowest BCUT2D eigenvalue weighted by Gasteiger charge is -2.29. The highest BCUT2D eigenvalue weighted by Crippen LogP contribution is 2.18. The van der Waals surface area contributed by atoms with Gasteiger partial charge in [0.05, 0.1) is 6.04 Å². The number of carbonyl (C=O) groups is 6. The number of aldehydes is 1. The molecule has 12 nitrogen and oxygen atoms in total. The molecule has 12 heteroatoms. The molecule has 4 atom stereocenters. The molecule has 0 aliphatic carbocycles. The van der Waals surface area contributed by atoms with E-state index < -0.39 is 42.0 Å². The maximum atomic E-state index is 13.6. The Morgan fingerprint density at radius 1 is 0.857 bits per heavy atom. The quantitative estimate of drug-likeness (QED) is 0.140. The zero-order chi connectivity index (χ0) is 30.3. The van der Waals surface area contributed by atoms with E-state index in [9.17, 15) is 28.8 Å². The van der Waals surface area contributed by atoms with Crippen molar-refractivity contribution in [2.24, 2.45) is 5.73 Å². The van der Waals surface area contributed by atoms with Crippen LogP contribution in [0.2, 0.25) is 0 Å². The van der Waals surface area contributed by atoms with E-state index >= 15 is 0 Å². The second kappa shape index (κ2) is 16.5. The highest BCUT2D eigenvalue weighted by molar-refractivity contribution is 5.94. The minimum absolute atomic E-state index is 0.115. The van der Waals surface area contributed by atoms with Crippen LogP contribution in [-0.4, -0.2) is 78.6 Å². The Balaban J connectivity index is 1.80. The number of amides is 6. The third-order valence-electron chi connectivity index (χ3n) is 7.11. The molecule has 2 aromatic rings. The van der Waals surface area contributed by atoms with E-state index in [1.165, 1.54) is 4.90 Å². The maximum absolute atomic E-state index is 13.6. The minimum Gasteiger partial charge on any atom is -0.352 e. The fourth-order valence-corrected chi connectivity index (χ4v) is 4.95. The third kappa shape index (κ3) is 9.72. The molecule has 6 N–H and O–H groups in total. The van der Waals surface area contributed by atoms with E-state index in [1.54, 1.807) is 0 Å². The minimum atomic E-state index is -1.09. The summed E-state index contributed by atoms with van der Waals surface area (Å²) < 4.78 is 0. The summed E-state index contributed by atoms with van der Waals surface area (Å²) in [6.07, 6.45) is 3.19. The van der Waals surface area contributed by atoms with Crippen LogP contribution in [0.1, 0.15) is 36.8 Å². The normalized spacial score (nSPS) is 16.4. The van der Waals surface area contributed by atoms with Gasteiger partial charge in [-0.25, -0.2) is 4.79 Å². The highest BCUT2D eigenvalue weighted by atomic mass is 16.2. The van der Waals surface area contributed by atoms with Crippen LogP contribution in [0.15, 0.2) is 60.7 Å². The molecule has 2 aromatic carbocycles. The molecule has 3 unspecified atom stereocenters. The van der Waals surface area contributed by atoms with Crippen LogP contribution in [0, 0.1) is 0 Å². The molecule has 0 bridgehead atoms. The summed E-state index contributed by atoms with van der Waals surface area (Å²) in [6, 6.07) is 13.9. The van der Waals surface area contributed by atoms with Gasteiger partial charge in [-0.3, -0.25) is 19.2 Å². The van der Waals surface area contributed by atoms with E-state index in [0.29, 0.717) is 32.2 Å². The van der Waals surface area contributed by atoms with Crippen molar-refractivity contribution in [3.05, 3.63) is 71.8 Å². The zero-order valence-corrected chi connectivity index (χ0v) is 23.4. The summed E-state index contributed by atoms with van der Waals surface area (Å²) in [4.78, 5) is 76.0. The van der Waals surface area contributed by atoms with Crippen LogP contribution in [0.5, 0.6) is 0 Å². The monoisotopic (exact) mass is 578 g/mol. The van der Waals surface area contributed by atoms with Crippen molar-refractivity contribution in [1.82, 2.24) is 26.2 Å². The van der Waals surface area contributed by atoms with Crippen LogP contribution < -0.4 is 27.0 Å². The van der Waals surface area contributed by atoms with E-state index in [2.05, 4.69) is 21.3 Å². The first-order valence-corrected chi connectivity index (χ1v) is 14.0. The Hall–Kier alpha value is -4.74. The lowest BCUT2D eigenvalue weighted by Crippen LogP contribution is -2.57. The Kier molecular flexibility index (Phi) is 12.5. The molecule has 1 aliphatic heterocycles. The molecule has 1 fully saturated rings. The van der Waals surface area contributed by atoms with Gasteiger partial charge in [-0.2, -0.15) is 0 Å². The number of nitrogens with one attached hydrogen (secondary N) is 4. The van der Waals surface area contributed by atoms with Crippen molar-refractivity contribution in [2.45, 2.75) is 62.7 Å². The van der Waals surface area contributed by atoms with Gasteiger partial charge < -0.3 is 36.7 Å². The van der Waals surface area contributed by atoms with E-state index in [1.807, 2.05) is 60.7 Å². The highest BCUT2D eigenvalue weighted by Gasteiger charge is 2.35. The fourth-order valence-electron chi connectivity index (χ4n) is 4.95. The number of primary amides is 1. The molecular formula is C30H38N6O6. The van der Waals surface area contributed by atoms with Crippen LogP contribution in [0.4, 0.5) is 4.79 Å². The molecule has 0 aromatic heterocycles. The Labute approximate surface area is 244 Å². The summed E-state index contributed by atoms with van der Waals surface area (Å²) >= 11 is 0. The molecule has 1 aliphatic rings. The van der Waals surface area contributed by atoms with Crippen LogP contribution >= 0.6 is 0 Å². The molecular weight excluding hydrogens is 540 g/mol. The van der Waals surface area contributed by atoms with Crippen molar-refractivity contribution in [1.29, 1.82) is 0 Å². The number of likely N-dealkylation sites (tertiary alicyclic amines) is 1. The number of nitrogens with zero attached hydrogens (tertiary/aromatic N) is 1. The predicted molar refractivity (Wildman–Crippen MR) is 155 cm³/mol. The Bertz CT molecular complexity index is 1210. The Morgan fingerprint density at radius 3 is 2.00 bits per heavy atom. The number of hydrogen-bond donors (Lipinski definition) is 5. The molecule has 1 heterocycles. The predicted octanol–water partition coefficient (Wildman–Crippen LogP) is 0.194. The van der Waals surface area contributed by atoms with Crippen molar-refractivity contribution >= 4 is 36.4 Å². The van der Waals surface area contributed by atoms with Crippen LogP contribution in [0.3, 0.4) is 0 Å². The van der Waals surface area contributed by atoms with Crippen LogP contribution in [0.25, 0.3) is 0 Å². The number of hydrogen-bond acceptors (Lipinski definition) is 6. The van der Waals surface area contributed by atoms with Gasteiger partial charge >= 0.3 is 6.03 Å². The summed E-state index contributed by atoms with van der Waals surface area (Å²) in [5, 5.41) is 10.5. The van der Waals surface area contributed by atoms with E-state index in [-0.39, 0.29) is 31.7 Å². The van der Waals surface area contributed by atoms with Crippen LogP contribution in [-0.2, 0) is 36.8 Å². The van der Waals surface area contributed by atoms with Gasteiger partial charge in [-0.05, 0) is 36.8 Å². The largest absolute Gasteiger partial charge is 0.352 e. The van der Waals surface area contributed by atoms with Crippen molar-refractivity contribution in [3.8, 4) is 0 Å². The van der Waals surface area contributed by atoms with Crippen molar-refractivity contribution in [2.75, 3.05) is 13.1 Å². The average molecular weight is 579 g/mol. The number of rotatable bonds is 16. The molecule has 0 radical (unpaired) electrons. The number of nitrogens with two attached hydrogens (primary N) is 1. The molecule has 0 saturated carbocycles. The number of benzene rings is 2. The van der Waals surface area contributed by atoms with Crippen molar-refractivity contribution in [3.63, 3.8) is 0 Å². The van der Waals surface area contributed by atoms with Gasteiger partial charge in [-0.15, -0.1) is 0 Å². The maximum Gasteiger partial charge on any atom is 0.312 e. The van der Waals surface area contributed by atoms with E-state index in [0.717, 1.165) is 17.4 Å². The van der Waals surface area contributed by atoms with Crippen molar-refractivity contribution < 1.29 is 28.8 Å². The summed E-state index contributed by atoms with van der Waals surface area (Å²) in [5.41, 5.74) is 6.76. The van der Waals surface area contributed by atoms with Gasteiger partial charge in [0.2, 0.25) is 24.1 Å². The lowest BCUT2D eigenvalue weighted by molar-refractivity contribution is -0.139.